The van der Waals surface area contributed by atoms with E-state index in [1.807, 2.05) is 70.2 Å². The molecule has 1 aliphatic rings. The second-order valence-electron chi connectivity index (χ2n) is 7.92. The van der Waals surface area contributed by atoms with Gasteiger partial charge in [0, 0.05) is 23.5 Å². The first-order valence-corrected chi connectivity index (χ1v) is 9.08. The number of ether oxygens (including phenoxy) is 1. The zero-order chi connectivity index (χ0) is 20.2. The molecule has 0 saturated carbocycles. The molecule has 0 radical (unpaired) electrons. The van der Waals surface area contributed by atoms with Gasteiger partial charge >= 0.3 is 5.97 Å². The van der Waals surface area contributed by atoms with Crippen LogP contribution in [-0.2, 0) is 14.3 Å². The Bertz CT molecular complexity index is 812. The van der Waals surface area contributed by atoms with E-state index in [1.165, 1.54) is 0 Å². The highest BCUT2D eigenvalue weighted by molar-refractivity contribution is 6.01. The highest BCUT2D eigenvalue weighted by atomic mass is 16.5. The summed E-state index contributed by atoms with van der Waals surface area (Å²) in [6.07, 6.45) is 5.32. The van der Waals surface area contributed by atoms with Crippen LogP contribution in [0.1, 0.15) is 46.6 Å². The Morgan fingerprint density at radius 3 is 2.41 bits per heavy atom. The van der Waals surface area contributed by atoms with Crippen LogP contribution < -0.4 is 0 Å². The normalized spacial score (nSPS) is 23.1. The number of carboxylic acids is 1. The molecule has 0 bridgehead atoms. The predicted octanol–water partition coefficient (Wildman–Crippen LogP) is 4.82. The van der Waals surface area contributed by atoms with Crippen molar-refractivity contribution < 1.29 is 19.4 Å². The van der Waals surface area contributed by atoms with E-state index in [2.05, 4.69) is 0 Å². The van der Waals surface area contributed by atoms with Gasteiger partial charge in [-0.3, -0.25) is 4.79 Å². The van der Waals surface area contributed by atoms with E-state index >= 15 is 0 Å². The minimum atomic E-state index is -0.988. The lowest BCUT2D eigenvalue weighted by molar-refractivity contribution is -0.131. The highest BCUT2D eigenvalue weighted by Crippen LogP contribution is 2.48. The van der Waals surface area contributed by atoms with Crippen LogP contribution in [0.25, 0.3) is 6.08 Å². The minimum Gasteiger partial charge on any atom is -0.478 e. The van der Waals surface area contributed by atoms with Crippen molar-refractivity contribution in [3.63, 3.8) is 0 Å². The highest BCUT2D eigenvalue weighted by Gasteiger charge is 2.49. The van der Waals surface area contributed by atoms with Crippen molar-refractivity contribution >= 4 is 17.8 Å². The molecule has 1 aromatic carbocycles. The number of Topliss-reactive ketones (excluding diaryl/α,β-unsaturated/α-hetero) is 1. The molecule has 2 rings (SSSR count). The summed E-state index contributed by atoms with van der Waals surface area (Å²) < 4.78 is 6.22. The van der Waals surface area contributed by atoms with Crippen LogP contribution in [-0.4, -0.2) is 29.1 Å². The van der Waals surface area contributed by atoms with Crippen LogP contribution in [0.5, 0.6) is 0 Å². The molecule has 1 N–H and O–H groups in total. The van der Waals surface area contributed by atoms with Gasteiger partial charge in [0.1, 0.15) is 0 Å². The van der Waals surface area contributed by atoms with Crippen molar-refractivity contribution in [1.82, 2.24) is 0 Å². The molecule has 144 valence electrons. The zero-order valence-corrected chi connectivity index (χ0v) is 16.7. The maximum Gasteiger partial charge on any atom is 0.328 e. The summed E-state index contributed by atoms with van der Waals surface area (Å²) in [5.41, 5.74) is 2.12. The third-order valence-electron chi connectivity index (χ3n) is 5.51. The molecule has 0 amide bonds. The Morgan fingerprint density at radius 2 is 1.81 bits per heavy atom. The van der Waals surface area contributed by atoms with Crippen LogP contribution in [0.15, 0.2) is 59.2 Å². The molecule has 0 unspecified atom stereocenters. The number of carbonyl (C=O) groups is 2. The van der Waals surface area contributed by atoms with Gasteiger partial charge < -0.3 is 9.84 Å². The van der Waals surface area contributed by atoms with Gasteiger partial charge in [0.15, 0.2) is 5.78 Å². The van der Waals surface area contributed by atoms with Crippen molar-refractivity contribution in [3.05, 3.63) is 64.8 Å². The largest absolute Gasteiger partial charge is 0.478 e. The van der Waals surface area contributed by atoms with Crippen LogP contribution >= 0.6 is 0 Å². The number of allylic oxidation sites excluding steroid dienone is 2. The number of hydrogen-bond donors (Lipinski definition) is 1. The van der Waals surface area contributed by atoms with Gasteiger partial charge in [-0.2, -0.15) is 0 Å². The summed E-state index contributed by atoms with van der Waals surface area (Å²) in [5.74, 6) is -0.887. The molecule has 0 fully saturated rings. The third kappa shape index (κ3) is 4.64. The molecule has 1 aromatic rings. The second kappa shape index (κ2) is 8.05. The first-order valence-electron chi connectivity index (χ1n) is 9.08. The van der Waals surface area contributed by atoms with E-state index in [0.29, 0.717) is 17.6 Å². The van der Waals surface area contributed by atoms with Crippen molar-refractivity contribution in [3.8, 4) is 0 Å². The molecule has 1 atom stereocenters. The molecule has 4 nitrogen and oxygen atoms in total. The SMILES string of the molecule is CC1=C(/C=C/c2ccccc2)C(=O)CC(C)(C)[C@]1(C)OC/C(C)=C\C(=O)O. The summed E-state index contributed by atoms with van der Waals surface area (Å²) in [4.78, 5) is 23.6. The monoisotopic (exact) mass is 368 g/mol. The van der Waals surface area contributed by atoms with Crippen LogP contribution in [0.2, 0.25) is 0 Å². The van der Waals surface area contributed by atoms with Crippen molar-refractivity contribution in [2.75, 3.05) is 6.61 Å². The number of carboxylic acid groups (broad SMARTS) is 1. The number of benzene rings is 1. The number of rotatable bonds is 6. The van der Waals surface area contributed by atoms with Crippen molar-refractivity contribution in [2.24, 2.45) is 5.41 Å². The zero-order valence-electron chi connectivity index (χ0n) is 16.7. The quantitative estimate of drug-likeness (QED) is 0.731. The summed E-state index contributed by atoms with van der Waals surface area (Å²) in [7, 11) is 0. The minimum absolute atomic E-state index is 0.101. The van der Waals surface area contributed by atoms with E-state index in [-0.39, 0.29) is 12.4 Å². The fourth-order valence-electron chi connectivity index (χ4n) is 3.41. The first kappa shape index (κ1) is 20.8. The second-order valence-corrected chi connectivity index (χ2v) is 7.92. The summed E-state index contributed by atoms with van der Waals surface area (Å²) in [6, 6.07) is 9.84. The average Bonchev–Trinajstić information content (AvgIpc) is 2.58. The molecule has 4 heteroatoms. The Kier molecular flexibility index (Phi) is 6.22. The topological polar surface area (TPSA) is 63.6 Å². The molecule has 27 heavy (non-hydrogen) atoms. The van der Waals surface area contributed by atoms with Gasteiger partial charge in [0.2, 0.25) is 0 Å². The number of hydrogen-bond acceptors (Lipinski definition) is 3. The van der Waals surface area contributed by atoms with Gasteiger partial charge in [-0.25, -0.2) is 4.79 Å². The van der Waals surface area contributed by atoms with Crippen molar-refractivity contribution in [1.29, 1.82) is 0 Å². The fourth-order valence-corrected chi connectivity index (χ4v) is 3.41. The lowest BCUT2D eigenvalue weighted by Crippen LogP contribution is -2.50. The lowest BCUT2D eigenvalue weighted by atomic mass is 9.63. The Morgan fingerprint density at radius 1 is 1.19 bits per heavy atom. The molecule has 0 saturated heterocycles. The molecule has 0 spiro atoms. The number of aliphatic carboxylic acids is 1. The van der Waals surface area contributed by atoms with Gasteiger partial charge in [0.25, 0.3) is 0 Å². The maximum absolute atomic E-state index is 12.8. The van der Waals surface area contributed by atoms with Gasteiger partial charge in [-0.1, -0.05) is 56.3 Å². The Labute approximate surface area is 161 Å². The number of carbonyl (C=O) groups excluding carboxylic acids is 1. The van der Waals surface area contributed by atoms with E-state index in [1.54, 1.807) is 6.92 Å². The predicted molar refractivity (Wildman–Crippen MR) is 107 cm³/mol. The average molecular weight is 368 g/mol. The van der Waals surface area contributed by atoms with Gasteiger partial charge in [0.05, 0.1) is 12.2 Å². The molecule has 1 aliphatic carbocycles. The molecular weight excluding hydrogens is 340 g/mol. The smallest absolute Gasteiger partial charge is 0.328 e. The Balaban J connectivity index is 2.38. The lowest BCUT2D eigenvalue weighted by Gasteiger charge is -2.48. The van der Waals surface area contributed by atoms with Crippen LogP contribution in [0, 0.1) is 5.41 Å². The van der Waals surface area contributed by atoms with E-state index < -0.39 is 17.0 Å². The fraction of sp³-hybridized carbons (Fsp3) is 0.391. The third-order valence-corrected chi connectivity index (χ3v) is 5.51. The molecule has 0 aliphatic heterocycles. The van der Waals surface area contributed by atoms with Crippen molar-refractivity contribution in [2.45, 2.75) is 46.6 Å². The maximum atomic E-state index is 12.8. The summed E-state index contributed by atoms with van der Waals surface area (Å²) in [6.45, 7) is 9.88. The summed E-state index contributed by atoms with van der Waals surface area (Å²) in [5, 5.41) is 8.90. The van der Waals surface area contributed by atoms with E-state index in [0.717, 1.165) is 17.2 Å². The standard InChI is InChI=1S/C23H28O4/c1-16(13-21(25)26)15-27-23(5)17(2)19(20(24)14-22(23,3)4)12-11-18-9-7-6-8-10-18/h6-13H,14-15H2,1-5H3,(H,25,26)/b12-11+,16-13-/t23-/m1/s1. The van der Waals surface area contributed by atoms with E-state index in [9.17, 15) is 9.59 Å². The molecular formula is C23H28O4. The van der Waals surface area contributed by atoms with Crippen LogP contribution in [0.3, 0.4) is 0 Å². The van der Waals surface area contributed by atoms with E-state index in [4.69, 9.17) is 9.84 Å². The van der Waals surface area contributed by atoms with Gasteiger partial charge in [-0.15, -0.1) is 0 Å². The number of ketones is 1. The molecule has 0 heterocycles. The van der Waals surface area contributed by atoms with Gasteiger partial charge in [-0.05, 0) is 37.5 Å². The summed E-state index contributed by atoms with van der Waals surface area (Å²) >= 11 is 0. The first-order chi connectivity index (χ1) is 12.6. The Hall–Kier alpha value is -2.46. The van der Waals surface area contributed by atoms with Crippen LogP contribution in [0.4, 0.5) is 0 Å². The molecule has 0 aromatic heterocycles.